The number of Topliss-reactive ketones (excluding diaryl/α,β-unsaturated/α-hetero) is 1. The number of aromatic nitrogens is 2. The summed E-state index contributed by atoms with van der Waals surface area (Å²) in [6, 6.07) is 24.2. The molecule has 0 aliphatic carbocycles. The Bertz CT molecular complexity index is 1460. The van der Waals surface area contributed by atoms with E-state index in [1.165, 1.54) is 21.6 Å². The predicted octanol–water partition coefficient (Wildman–Crippen LogP) is 6.61. The first-order valence-corrected chi connectivity index (χ1v) is 13.7. The number of ketones is 1. The zero-order chi connectivity index (χ0) is 27.9. The summed E-state index contributed by atoms with van der Waals surface area (Å²) in [6.07, 6.45) is 4.45. The summed E-state index contributed by atoms with van der Waals surface area (Å²) < 4.78 is 1.40. The number of carbonyl (C=O) groups is 2. The lowest BCUT2D eigenvalue weighted by Crippen LogP contribution is -2.41. The SMILES string of the molecule is CCCCCc1ccc(C(=O)N(CC(=O)c2c(-c3ccccc3)[nH]n(-c3ccc(C)cc3)c2=O)C(C)C)cc1. The summed E-state index contributed by atoms with van der Waals surface area (Å²) in [6.45, 7) is 7.71. The van der Waals surface area contributed by atoms with E-state index in [0.29, 0.717) is 16.9 Å². The molecule has 1 amide bonds. The molecule has 0 spiro atoms. The maximum absolute atomic E-state index is 13.8. The summed E-state index contributed by atoms with van der Waals surface area (Å²) in [5, 5.41) is 3.15. The van der Waals surface area contributed by atoms with Crippen molar-refractivity contribution < 1.29 is 9.59 Å². The first kappa shape index (κ1) is 27.8. The van der Waals surface area contributed by atoms with Gasteiger partial charge < -0.3 is 4.90 Å². The number of hydrogen-bond acceptors (Lipinski definition) is 3. The molecule has 4 rings (SSSR count). The molecule has 4 aromatic rings. The van der Waals surface area contributed by atoms with Crippen LogP contribution in [0, 0.1) is 6.92 Å². The van der Waals surface area contributed by atoms with Crippen molar-refractivity contribution in [2.75, 3.05) is 6.54 Å². The number of nitrogens with zero attached hydrogens (tertiary/aromatic N) is 2. The molecule has 1 N–H and O–H groups in total. The zero-order valence-corrected chi connectivity index (χ0v) is 23.2. The summed E-state index contributed by atoms with van der Waals surface area (Å²) in [5.41, 5.74) is 4.22. The highest BCUT2D eigenvalue weighted by molar-refractivity contribution is 6.05. The van der Waals surface area contributed by atoms with Crippen molar-refractivity contribution >= 4 is 11.7 Å². The van der Waals surface area contributed by atoms with Crippen molar-refractivity contribution in [1.82, 2.24) is 14.7 Å². The van der Waals surface area contributed by atoms with E-state index in [4.69, 9.17) is 0 Å². The molecule has 1 heterocycles. The fourth-order valence-corrected chi connectivity index (χ4v) is 4.67. The summed E-state index contributed by atoms with van der Waals surface area (Å²) in [5.74, 6) is -0.631. The van der Waals surface area contributed by atoms with Crippen LogP contribution in [0.1, 0.15) is 71.9 Å². The molecule has 0 saturated heterocycles. The van der Waals surface area contributed by atoms with Gasteiger partial charge in [0.1, 0.15) is 5.56 Å². The van der Waals surface area contributed by atoms with E-state index in [1.807, 2.05) is 99.6 Å². The second kappa shape index (κ2) is 12.6. The number of amides is 1. The normalized spacial score (nSPS) is 11.1. The van der Waals surface area contributed by atoms with E-state index in [9.17, 15) is 14.4 Å². The highest BCUT2D eigenvalue weighted by Gasteiger charge is 2.28. The van der Waals surface area contributed by atoms with E-state index in [-0.39, 0.29) is 24.1 Å². The highest BCUT2D eigenvalue weighted by atomic mass is 16.2. The van der Waals surface area contributed by atoms with E-state index in [2.05, 4.69) is 12.0 Å². The number of benzene rings is 3. The number of carbonyl (C=O) groups excluding carboxylic acids is 2. The maximum atomic E-state index is 13.8. The molecular weight excluding hydrogens is 486 g/mol. The fourth-order valence-electron chi connectivity index (χ4n) is 4.67. The summed E-state index contributed by atoms with van der Waals surface area (Å²) in [7, 11) is 0. The first-order valence-electron chi connectivity index (χ1n) is 13.7. The Labute approximate surface area is 230 Å². The van der Waals surface area contributed by atoms with Crippen LogP contribution in [0.15, 0.2) is 83.7 Å². The summed E-state index contributed by atoms with van der Waals surface area (Å²) >= 11 is 0. The Morgan fingerprint density at radius 2 is 1.56 bits per heavy atom. The van der Waals surface area contributed by atoms with Gasteiger partial charge in [0.25, 0.3) is 11.5 Å². The molecule has 202 valence electrons. The molecule has 0 atom stereocenters. The average molecular weight is 524 g/mol. The van der Waals surface area contributed by atoms with Gasteiger partial charge in [0, 0.05) is 17.2 Å². The van der Waals surface area contributed by atoms with Crippen molar-refractivity contribution in [3.05, 3.63) is 111 Å². The van der Waals surface area contributed by atoms with Crippen molar-refractivity contribution in [1.29, 1.82) is 0 Å². The third-order valence-electron chi connectivity index (χ3n) is 6.99. The Morgan fingerprint density at radius 3 is 2.18 bits per heavy atom. The molecule has 1 aromatic heterocycles. The molecule has 0 radical (unpaired) electrons. The molecule has 0 aliphatic heterocycles. The third-order valence-corrected chi connectivity index (χ3v) is 6.99. The number of hydrogen-bond donors (Lipinski definition) is 1. The lowest BCUT2D eigenvalue weighted by Gasteiger charge is -2.26. The van der Waals surface area contributed by atoms with Gasteiger partial charge in [-0.2, -0.15) is 0 Å². The average Bonchev–Trinajstić information content (AvgIpc) is 3.29. The van der Waals surface area contributed by atoms with Gasteiger partial charge in [-0.05, 0) is 63.4 Å². The van der Waals surface area contributed by atoms with Crippen LogP contribution in [0.25, 0.3) is 16.9 Å². The van der Waals surface area contributed by atoms with E-state index in [1.54, 1.807) is 0 Å². The number of H-pyrrole nitrogens is 1. The Balaban J connectivity index is 1.65. The van der Waals surface area contributed by atoms with Crippen LogP contribution in [-0.4, -0.2) is 39.0 Å². The minimum atomic E-state index is -0.435. The molecule has 39 heavy (non-hydrogen) atoms. The molecular formula is C33H37N3O3. The molecule has 0 saturated carbocycles. The van der Waals surface area contributed by atoms with Crippen molar-refractivity contribution in [3.8, 4) is 16.9 Å². The van der Waals surface area contributed by atoms with E-state index >= 15 is 0 Å². The quantitative estimate of drug-likeness (QED) is 0.178. The van der Waals surface area contributed by atoms with Gasteiger partial charge in [-0.25, -0.2) is 4.68 Å². The number of rotatable bonds is 11. The molecule has 0 bridgehead atoms. The minimum Gasteiger partial charge on any atom is -0.329 e. The topological polar surface area (TPSA) is 75.2 Å². The van der Waals surface area contributed by atoms with E-state index in [0.717, 1.165) is 30.4 Å². The van der Waals surface area contributed by atoms with Crippen molar-refractivity contribution in [2.24, 2.45) is 0 Å². The lowest BCUT2D eigenvalue weighted by molar-refractivity contribution is 0.0662. The monoisotopic (exact) mass is 523 g/mol. The molecule has 6 heteroatoms. The molecule has 6 nitrogen and oxygen atoms in total. The number of aromatic amines is 1. The van der Waals surface area contributed by atoms with Gasteiger partial charge in [-0.1, -0.05) is 79.9 Å². The van der Waals surface area contributed by atoms with Crippen LogP contribution in [0.5, 0.6) is 0 Å². The Hall–Kier alpha value is -4.19. The number of aryl methyl sites for hydroxylation is 2. The lowest BCUT2D eigenvalue weighted by atomic mass is 10.0. The first-order chi connectivity index (χ1) is 18.8. The second-order valence-corrected chi connectivity index (χ2v) is 10.3. The smallest absolute Gasteiger partial charge is 0.282 e. The van der Waals surface area contributed by atoms with Gasteiger partial charge in [0.05, 0.1) is 17.9 Å². The minimum absolute atomic E-state index is 0.0477. The van der Waals surface area contributed by atoms with Crippen LogP contribution >= 0.6 is 0 Å². The summed E-state index contributed by atoms with van der Waals surface area (Å²) in [4.78, 5) is 42.5. The van der Waals surface area contributed by atoms with Crippen LogP contribution in [0.2, 0.25) is 0 Å². The van der Waals surface area contributed by atoms with Gasteiger partial charge in [0.2, 0.25) is 0 Å². The highest BCUT2D eigenvalue weighted by Crippen LogP contribution is 2.22. The standard InChI is InChI=1S/C33H37N3O3/c1-5-6-8-11-25-16-18-27(19-17-25)32(38)35(23(2)3)22-29(37)30-31(26-12-9-7-10-13-26)34-36(33(30)39)28-20-14-24(4)15-21-28/h7,9-10,12-21,23,34H,5-6,8,11,22H2,1-4H3. The van der Waals surface area contributed by atoms with Gasteiger partial charge in [0.15, 0.2) is 5.78 Å². The van der Waals surface area contributed by atoms with Crippen molar-refractivity contribution in [3.63, 3.8) is 0 Å². The van der Waals surface area contributed by atoms with E-state index < -0.39 is 11.3 Å². The molecule has 0 aliphatic rings. The van der Waals surface area contributed by atoms with Crippen LogP contribution < -0.4 is 5.56 Å². The Kier molecular flexibility index (Phi) is 8.97. The van der Waals surface area contributed by atoms with Crippen LogP contribution in [0.4, 0.5) is 0 Å². The predicted molar refractivity (Wildman–Crippen MR) is 157 cm³/mol. The second-order valence-electron chi connectivity index (χ2n) is 10.3. The number of unbranched alkanes of at least 4 members (excludes halogenated alkanes) is 2. The molecule has 0 unspecified atom stereocenters. The largest absolute Gasteiger partial charge is 0.329 e. The van der Waals surface area contributed by atoms with Gasteiger partial charge in [-0.15, -0.1) is 0 Å². The zero-order valence-electron chi connectivity index (χ0n) is 23.2. The fraction of sp³-hybridized carbons (Fsp3) is 0.303. The number of nitrogens with one attached hydrogen (secondary N) is 1. The maximum Gasteiger partial charge on any atom is 0.282 e. The van der Waals surface area contributed by atoms with Gasteiger partial charge in [-0.3, -0.25) is 19.5 Å². The van der Waals surface area contributed by atoms with Crippen LogP contribution in [-0.2, 0) is 6.42 Å². The van der Waals surface area contributed by atoms with Crippen LogP contribution in [0.3, 0.4) is 0 Å². The van der Waals surface area contributed by atoms with Gasteiger partial charge >= 0.3 is 0 Å². The molecule has 3 aromatic carbocycles. The molecule has 0 fully saturated rings. The third kappa shape index (κ3) is 6.45. The Morgan fingerprint density at radius 1 is 0.897 bits per heavy atom. The van der Waals surface area contributed by atoms with Crippen molar-refractivity contribution in [2.45, 2.75) is 59.4 Å².